The molecule has 0 aromatic rings. The van der Waals surface area contributed by atoms with Crippen LogP contribution in [-0.4, -0.2) is 43.3 Å². The summed E-state index contributed by atoms with van der Waals surface area (Å²) in [6.45, 7) is 11.3. The predicted octanol–water partition coefficient (Wildman–Crippen LogP) is 2.64. The summed E-state index contributed by atoms with van der Waals surface area (Å²) in [5.41, 5.74) is -0.841. The number of aliphatic imine (C=N–C) groups is 1. The van der Waals surface area contributed by atoms with Crippen molar-refractivity contribution < 1.29 is 9.53 Å². The molecule has 0 bridgehead atoms. The Labute approximate surface area is 140 Å². The second-order valence-electron chi connectivity index (χ2n) is 7.36. The van der Waals surface area contributed by atoms with Crippen LogP contribution in [0.3, 0.4) is 0 Å². The summed E-state index contributed by atoms with van der Waals surface area (Å²) < 4.78 is 5.39. The molecule has 1 aliphatic carbocycles. The van der Waals surface area contributed by atoms with E-state index in [9.17, 15) is 4.79 Å². The summed E-state index contributed by atoms with van der Waals surface area (Å²) in [5, 5.41) is 9.71. The molecule has 1 fully saturated rings. The van der Waals surface area contributed by atoms with Gasteiger partial charge in [0.2, 0.25) is 0 Å². The molecule has 0 saturated heterocycles. The van der Waals surface area contributed by atoms with Crippen LogP contribution in [0.4, 0.5) is 4.79 Å². The largest absolute Gasteiger partial charge is 0.444 e. The topological polar surface area (TPSA) is 74.8 Å². The van der Waals surface area contributed by atoms with E-state index >= 15 is 0 Å². The van der Waals surface area contributed by atoms with Crippen molar-refractivity contribution in [2.45, 2.75) is 71.4 Å². The van der Waals surface area contributed by atoms with Gasteiger partial charge in [0.1, 0.15) is 5.60 Å². The number of rotatable bonds is 7. The highest BCUT2D eigenvalue weighted by Crippen LogP contribution is 2.27. The van der Waals surface area contributed by atoms with Crippen LogP contribution in [0.15, 0.2) is 4.99 Å². The first-order valence-corrected chi connectivity index (χ1v) is 8.69. The standard InChI is InChI=1S/C17H34N4O2/c1-7-17(8-2,21-15(22)23-16(3,4)5)12-20-14(18-6)19-11-13-9-10-13/h13H,7-12H2,1-6H3,(H,21,22)(H2,18,19,20). The maximum absolute atomic E-state index is 12.1. The fourth-order valence-electron chi connectivity index (χ4n) is 2.28. The van der Waals surface area contributed by atoms with Gasteiger partial charge in [0.05, 0.1) is 5.54 Å². The number of alkyl carbamates (subject to hydrolysis) is 1. The molecule has 134 valence electrons. The predicted molar refractivity (Wildman–Crippen MR) is 94.8 cm³/mol. The summed E-state index contributed by atoms with van der Waals surface area (Å²) in [5.74, 6) is 1.57. The second-order valence-corrected chi connectivity index (χ2v) is 7.36. The summed E-state index contributed by atoms with van der Waals surface area (Å²) >= 11 is 0. The minimum atomic E-state index is -0.493. The van der Waals surface area contributed by atoms with Crippen molar-refractivity contribution in [2.24, 2.45) is 10.9 Å². The molecule has 0 aromatic carbocycles. The van der Waals surface area contributed by atoms with E-state index in [-0.39, 0.29) is 11.6 Å². The fourth-order valence-corrected chi connectivity index (χ4v) is 2.28. The van der Waals surface area contributed by atoms with Crippen molar-refractivity contribution >= 4 is 12.1 Å². The highest BCUT2D eigenvalue weighted by molar-refractivity contribution is 5.79. The van der Waals surface area contributed by atoms with Gasteiger partial charge in [-0.1, -0.05) is 13.8 Å². The summed E-state index contributed by atoms with van der Waals surface area (Å²) in [7, 11) is 1.77. The van der Waals surface area contributed by atoms with Gasteiger partial charge in [-0.05, 0) is 52.4 Å². The van der Waals surface area contributed by atoms with Crippen LogP contribution >= 0.6 is 0 Å². The lowest BCUT2D eigenvalue weighted by Gasteiger charge is -2.34. The van der Waals surface area contributed by atoms with Crippen LogP contribution in [0.2, 0.25) is 0 Å². The number of nitrogens with one attached hydrogen (secondary N) is 3. The Hall–Kier alpha value is -1.46. The smallest absolute Gasteiger partial charge is 0.408 e. The number of amides is 1. The lowest BCUT2D eigenvalue weighted by molar-refractivity contribution is 0.0448. The first kappa shape index (κ1) is 19.6. The Kier molecular flexibility index (Phi) is 7.16. The van der Waals surface area contributed by atoms with Gasteiger partial charge in [-0.3, -0.25) is 4.99 Å². The number of hydrogen-bond acceptors (Lipinski definition) is 3. The van der Waals surface area contributed by atoms with E-state index in [1.165, 1.54) is 12.8 Å². The lowest BCUT2D eigenvalue weighted by Crippen LogP contribution is -2.57. The second kappa shape index (κ2) is 8.41. The Morgan fingerprint density at radius 1 is 1.17 bits per heavy atom. The molecule has 6 heteroatoms. The average Bonchev–Trinajstić information content (AvgIpc) is 3.28. The van der Waals surface area contributed by atoms with Crippen LogP contribution in [0.25, 0.3) is 0 Å². The first-order chi connectivity index (χ1) is 10.7. The third-order valence-electron chi connectivity index (χ3n) is 4.19. The van der Waals surface area contributed by atoms with E-state index < -0.39 is 5.60 Å². The molecule has 0 unspecified atom stereocenters. The molecule has 3 N–H and O–H groups in total. The average molecular weight is 326 g/mol. The summed E-state index contributed by atoms with van der Waals surface area (Å²) in [6.07, 6.45) is 3.87. The van der Waals surface area contributed by atoms with Gasteiger partial charge in [-0.15, -0.1) is 0 Å². The molecular formula is C17H34N4O2. The van der Waals surface area contributed by atoms with E-state index in [4.69, 9.17) is 4.74 Å². The lowest BCUT2D eigenvalue weighted by atomic mass is 9.93. The van der Waals surface area contributed by atoms with E-state index in [2.05, 4.69) is 34.8 Å². The molecule has 1 aliphatic rings. The van der Waals surface area contributed by atoms with Gasteiger partial charge in [0.15, 0.2) is 5.96 Å². The molecule has 1 rings (SSSR count). The number of nitrogens with zero attached hydrogens (tertiary/aromatic N) is 1. The molecule has 0 heterocycles. The van der Waals surface area contributed by atoms with Crippen LogP contribution in [-0.2, 0) is 4.74 Å². The third kappa shape index (κ3) is 7.57. The van der Waals surface area contributed by atoms with Crippen molar-refractivity contribution in [3.8, 4) is 0 Å². The minimum absolute atomic E-state index is 0.348. The van der Waals surface area contributed by atoms with E-state index in [1.54, 1.807) is 7.05 Å². The summed E-state index contributed by atoms with van der Waals surface area (Å²) in [4.78, 5) is 16.4. The maximum atomic E-state index is 12.1. The Bertz CT molecular complexity index is 407. The van der Waals surface area contributed by atoms with Gasteiger partial charge in [0.25, 0.3) is 0 Å². The van der Waals surface area contributed by atoms with Crippen molar-refractivity contribution in [1.82, 2.24) is 16.0 Å². The van der Waals surface area contributed by atoms with Crippen molar-refractivity contribution in [2.75, 3.05) is 20.1 Å². The maximum Gasteiger partial charge on any atom is 0.408 e. The van der Waals surface area contributed by atoms with Gasteiger partial charge in [-0.25, -0.2) is 4.79 Å². The van der Waals surface area contributed by atoms with Gasteiger partial charge in [0, 0.05) is 20.1 Å². The van der Waals surface area contributed by atoms with Crippen molar-refractivity contribution in [3.05, 3.63) is 0 Å². The van der Waals surface area contributed by atoms with Crippen molar-refractivity contribution in [1.29, 1.82) is 0 Å². The Morgan fingerprint density at radius 3 is 2.22 bits per heavy atom. The molecule has 0 radical (unpaired) electrons. The number of carbonyl (C=O) groups excluding carboxylic acids is 1. The number of ether oxygens (including phenoxy) is 1. The highest BCUT2D eigenvalue weighted by Gasteiger charge is 2.31. The molecule has 1 amide bonds. The Morgan fingerprint density at radius 2 is 1.78 bits per heavy atom. The normalized spacial score (nSPS) is 16.0. The fraction of sp³-hybridized carbons (Fsp3) is 0.882. The van der Waals surface area contributed by atoms with Crippen LogP contribution < -0.4 is 16.0 Å². The third-order valence-corrected chi connectivity index (χ3v) is 4.19. The summed E-state index contributed by atoms with van der Waals surface area (Å²) in [6, 6.07) is 0. The minimum Gasteiger partial charge on any atom is -0.444 e. The van der Waals surface area contributed by atoms with Crippen molar-refractivity contribution in [3.63, 3.8) is 0 Å². The van der Waals surface area contributed by atoms with E-state index in [0.29, 0.717) is 6.54 Å². The zero-order valence-corrected chi connectivity index (χ0v) is 15.6. The van der Waals surface area contributed by atoms with Crippen LogP contribution in [0.1, 0.15) is 60.3 Å². The highest BCUT2D eigenvalue weighted by atomic mass is 16.6. The molecule has 0 aliphatic heterocycles. The quantitative estimate of drug-likeness (QED) is 0.497. The molecule has 0 atom stereocenters. The SMILES string of the molecule is CCC(CC)(CNC(=NC)NCC1CC1)NC(=O)OC(C)(C)C. The Balaban J connectivity index is 2.55. The number of carbonyl (C=O) groups is 1. The zero-order valence-electron chi connectivity index (χ0n) is 15.6. The zero-order chi connectivity index (χ0) is 17.5. The molecular weight excluding hydrogens is 292 g/mol. The van der Waals surface area contributed by atoms with E-state index in [0.717, 1.165) is 31.3 Å². The monoisotopic (exact) mass is 326 g/mol. The number of guanidine groups is 1. The number of hydrogen-bond donors (Lipinski definition) is 3. The van der Waals surface area contributed by atoms with E-state index in [1.807, 2.05) is 20.8 Å². The van der Waals surface area contributed by atoms with Crippen LogP contribution in [0, 0.1) is 5.92 Å². The molecule has 0 aromatic heterocycles. The van der Waals surface area contributed by atoms with Gasteiger partial charge in [-0.2, -0.15) is 0 Å². The first-order valence-electron chi connectivity index (χ1n) is 8.69. The molecule has 6 nitrogen and oxygen atoms in total. The van der Waals surface area contributed by atoms with Crippen LogP contribution in [0.5, 0.6) is 0 Å². The van der Waals surface area contributed by atoms with Gasteiger partial charge >= 0.3 is 6.09 Å². The molecule has 23 heavy (non-hydrogen) atoms. The molecule has 0 spiro atoms. The van der Waals surface area contributed by atoms with Gasteiger partial charge < -0.3 is 20.7 Å². The molecule has 1 saturated carbocycles.